The first-order chi connectivity index (χ1) is 7.77. The SMILES string of the molecule is CC(Nc1cccnc1N)C1CCOCC1. The summed E-state index contributed by atoms with van der Waals surface area (Å²) in [5.74, 6) is 1.23. The molecule has 1 aromatic rings. The molecule has 1 saturated heterocycles. The van der Waals surface area contributed by atoms with Crippen LogP contribution >= 0.6 is 0 Å². The van der Waals surface area contributed by atoms with Crippen molar-refractivity contribution < 1.29 is 4.74 Å². The van der Waals surface area contributed by atoms with Gasteiger partial charge >= 0.3 is 0 Å². The van der Waals surface area contributed by atoms with Crippen molar-refractivity contribution in [3.63, 3.8) is 0 Å². The number of rotatable bonds is 3. The van der Waals surface area contributed by atoms with Gasteiger partial charge in [0.1, 0.15) is 5.82 Å². The average Bonchev–Trinajstić information content (AvgIpc) is 2.33. The van der Waals surface area contributed by atoms with Crippen LogP contribution in [0.1, 0.15) is 19.8 Å². The predicted molar refractivity (Wildman–Crippen MR) is 65.3 cm³/mol. The zero-order valence-electron chi connectivity index (χ0n) is 9.65. The van der Waals surface area contributed by atoms with Crippen molar-refractivity contribution in [2.75, 3.05) is 24.3 Å². The van der Waals surface area contributed by atoms with Gasteiger partial charge in [0.15, 0.2) is 0 Å². The smallest absolute Gasteiger partial charge is 0.146 e. The summed E-state index contributed by atoms with van der Waals surface area (Å²) in [5.41, 5.74) is 6.73. The highest BCUT2D eigenvalue weighted by atomic mass is 16.5. The number of hydrogen-bond donors (Lipinski definition) is 2. The molecule has 1 atom stereocenters. The Balaban J connectivity index is 1.96. The van der Waals surface area contributed by atoms with E-state index in [0.717, 1.165) is 31.7 Å². The van der Waals surface area contributed by atoms with E-state index < -0.39 is 0 Å². The number of nitrogen functional groups attached to an aromatic ring is 1. The van der Waals surface area contributed by atoms with Gasteiger partial charge < -0.3 is 15.8 Å². The lowest BCUT2D eigenvalue weighted by molar-refractivity contribution is 0.0622. The Bertz CT molecular complexity index is 337. The molecule has 2 rings (SSSR count). The van der Waals surface area contributed by atoms with Crippen molar-refractivity contribution in [2.45, 2.75) is 25.8 Å². The molecular formula is C12H19N3O. The van der Waals surface area contributed by atoms with Gasteiger partial charge in [-0.3, -0.25) is 0 Å². The minimum atomic E-state index is 0.412. The molecule has 1 aliphatic rings. The number of hydrogen-bond acceptors (Lipinski definition) is 4. The van der Waals surface area contributed by atoms with E-state index in [1.54, 1.807) is 6.20 Å². The Labute approximate surface area is 96.2 Å². The van der Waals surface area contributed by atoms with Crippen molar-refractivity contribution in [2.24, 2.45) is 5.92 Å². The van der Waals surface area contributed by atoms with E-state index in [1.807, 2.05) is 12.1 Å². The third kappa shape index (κ3) is 2.64. The molecule has 0 amide bonds. The maximum Gasteiger partial charge on any atom is 0.146 e. The van der Waals surface area contributed by atoms with E-state index >= 15 is 0 Å². The first-order valence-corrected chi connectivity index (χ1v) is 5.82. The lowest BCUT2D eigenvalue weighted by Gasteiger charge is -2.29. The standard InChI is InChI=1S/C12H19N3O/c1-9(10-4-7-16-8-5-10)15-11-3-2-6-14-12(11)13/h2-3,6,9-10,15H,4-5,7-8H2,1H3,(H2,13,14). The van der Waals surface area contributed by atoms with Gasteiger partial charge in [-0.25, -0.2) is 4.98 Å². The molecule has 16 heavy (non-hydrogen) atoms. The van der Waals surface area contributed by atoms with Crippen LogP contribution in [0.2, 0.25) is 0 Å². The van der Waals surface area contributed by atoms with Gasteiger partial charge in [0.05, 0.1) is 5.69 Å². The van der Waals surface area contributed by atoms with Crippen molar-refractivity contribution >= 4 is 11.5 Å². The van der Waals surface area contributed by atoms with Gasteiger partial charge in [0, 0.05) is 25.5 Å². The van der Waals surface area contributed by atoms with Crippen LogP contribution in [0.25, 0.3) is 0 Å². The van der Waals surface area contributed by atoms with Crippen LogP contribution < -0.4 is 11.1 Å². The molecule has 1 aliphatic heterocycles. The number of nitrogens with two attached hydrogens (primary N) is 1. The summed E-state index contributed by atoms with van der Waals surface area (Å²) < 4.78 is 5.36. The van der Waals surface area contributed by atoms with Crippen LogP contribution in [-0.4, -0.2) is 24.2 Å². The molecule has 0 bridgehead atoms. The second-order valence-corrected chi connectivity index (χ2v) is 4.32. The number of anilines is 2. The maximum absolute atomic E-state index is 5.80. The maximum atomic E-state index is 5.80. The van der Waals surface area contributed by atoms with Crippen molar-refractivity contribution in [3.8, 4) is 0 Å². The molecule has 88 valence electrons. The molecule has 2 heterocycles. The van der Waals surface area contributed by atoms with E-state index in [0.29, 0.717) is 17.8 Å². The molecule has 0 saturated carbocycles. The van der Waals surface area contributed by atoms with Crippen molar-refractivity contribution in [1.29, 1.82) is 0 Å². The fourth-order valence-electron chi connectivity index (χ4n) is 2.12. The lowest BCUT2D eigenvalue weighted by atomic mass is 9.93. The number of ether oxygens (including phenoxy) is 1. The fraction of sp³-hybridized carbons (Fsp3) is 0.583. The predicted octanol–water partition coefficient (Wildman–Crippen LogP) is 1.89. The normalized spacial score (nSPS) is 19.3. The van der Waals surface area contributed by atoms with E-state index in [9.17, 15) is 0 Å². The Morgan fingerprint density at radius 1 is 1.50 bits per heavy atom. The largest absolute Gasteiger partial charge is 0.382 e. The Kier molecular flexibility index (Phi) is 3.62. The van der Waals surface area contributed by atoms with Gasteiger partial charge in [-0.15, -0.1) is 0 Å². The molecular weight excluding hydrogens is 202 g/mol. The minimum absolute atomic E-state index is 0.412. The van der Waals surface area contributed by atoms with Crippen LogP contribution in [0.15, 0.2) is 18.3 Å². The number of nitrogens with one attached hydrogen (secondary N) is 1. The first kappa shape index (κ1) is 11.2. The van der Waals surface area contributed by atoms with Crippen LogP contribution in [0.3, 0.4) is 0 Å². The van der Waals surface area contributed by atoms with Gasteiger partial charge in [0.2, 0.25) is 0 Å². The van der Waals surface area contributed by atoms with Gasteiger partial charge in [-0.2, -0.15) is 0 Å². The Morgan fingerprint density at radius 3 is 2.94 bits per heavy atom. The fourth-order valence-corrected chi connectivity index (χ4v) is 2.12. The van der Waals surface area contributed by atoms with Gasteiger partial charge in [0.25, 0.3) is 0 Å². The van der Waals surface area contributed by atoms with Crippen LogP contribution in [0, 0.1) is 5.92 Å². The van der Waals surface area contributed by atoms with Crippen molar-refractivity contribution in [3.05, 3.63) is 18.3 Å². The summed E-state index contributed by atoms with van der Waals surface area (Å²) in [6.45, 7) is 3.95. The Hall–Kier alpha value is -1.29. The molecule has 1 unspecified atom stereocenters. The molecule has 1 fully saturated rings. The molecule has 0 aliphatic carbocycles. The quantitative estimate of drug-likeness (QED) is 0.818. The van der Waals surface area contributed by atoms with Crippen LogP contribution in [0.5, 0.6) is 0 Å². The molecule has 4 heteroatoms. The zero-order valence-corrected chi connectivity index (χ0v) is 9.65. The lowest BCUT2D eigenvalue weighted by Crippen LogP contribution is -2.31. The topological polar surface area (TPSA) is 60.2 Å². The van der Waals surface area contributed by atoms with Crippen LogP contribution in [0.4, 0.5) is 11.5 Å². The monoisotopic (exact) mass is 221 g/mol. The van der Waals surface area contributed by atoms with Gasteiger partial charge in [-0.05, 0) is 37.8 Å². The molecule has 0 spiro atoms. The summed E-state index contributed by atoms with van der Waals surface area (Å²) in [6.07, 6.45) is 3.95. The zero-order chi connectivity index (χ0) is 11.4. The summed E-state index contributed by atoms with van der Waals surface area (Å²) in [4.78, 5) is 4.07. The molecule has 4 nitrogen and oxygen atoms in total. The summed E-state index contributed by atoms with van der Waals surface area (Å²) in [7, 11) is 0. The summed E-state index contributed by atoms with van der Waals surface area (Å²) >= 11 is 0. The third-order valence-electron chi connectivity index (χ3n) is 3.19. The van der Waals surface area contributed by atoms with E-state index in [4.69, 9.17) is 10.5 Å². The molecule has 3 N–H and O–H groups in total. The number of nitrogens with zero attached hydrogens (tertiary/aromatic N) is 1. The first-order valence-electron chi connectivity index (χ1n) is 5.82. The number of aromatic nitrogens is 1. The van der Waals surface area contributed by atoms with Crippen molar-refractivity contribution in [1.82, 2.24) is 4.98 Å². The molecule has 0 radical (unpaired) electrons. The van der Waals surface area contributed by atoms with E-state index in [2.05, 4.69) is 17.2 Å². The highest BCUT2D eigenvalue weighted by molar-refractivity contribution is 5.61. The second kappa shape index (κ2) is 5.16. The summed E-state index contributed by atoms with van der Waals surface area (Å²) in [5, 5.41) is 3.44. The highest BCUT2D eigenvalue weighted by Gasteiger charge is 2.20. The van der Waals surface area contributed by atoms with E-state index in [-0.39, 0.29) is 0 Å². The molecule has 1 aromatic heterocycles. The summed E-state index contributed by atoms with van der Waals surface area (Å²) in [6, 6.07) is 4.28. The average molecular weight is 221 g/mol. The minimum Gasteiger partial charge on any atom is -0.382 e. The second-order valence-electron chi connectivity index (χ2n) is 4.32. The van der Waals surface area contributed by atoms with Crippen LogP contribution in [-0.2, 0) is 4.74 Å². The molecule has 0 aromatic carbocycles. The highest BCUT2D eigenvalue weighted by Crippen LogP contribution is 2.23. The Morgan fingerprint density at radius 2 is 2.25 bits per heavy atom. The third-order valence-corrected chi connectivity index (χ3v) is 3.19. The van der Waals surface area contributed by atoms with E-state index in [1.165, 1.54) is 0 Å². The van der Waals surface area contributed by atoms with Gasteiger partial charge in [-0.1, -0.05) is 0 Å². The number of pyridine rings is 1.